The lowest BCUT2D eigenvalue weighted by Crippen LogP contribution is -2.13. The number of nitrogens with zero attached hydrogens (tertiary/aromatic N) is 3. The van der Waals surface area contributed by atoms with Crippen LogP contribution in [-0.2, 0) is 4.74 Å². The summed E-state index contributed by atoms with van der Waals surface area (Å²) in [6.07, 6.45) is 1.40. The summed E-state index contributed by atoms with van der Waals surface area (Å²) in [4.78, 5) is 17.8. The van der Waals surface area contributed by atoms with E-state index in [1.165, 1.54) is 13.4 Å². The van der Waals surface area contributed by atoms with E-state index in [1.54, 1.807) is 42.3 Å². The lowest BCUT2D eigenvalue weighted by Gasteiger charge is -2.23. The van der Waals surface area contributed by atoms with Crippen LogP contribution in [0.5, 0.6) is 5.75 Å². The first kappa shape index (κ1) is 16.3. The van der Waals surface area contributed by atoms with Crippen molar-refractivity contribution in [3.05, 3.63) is 54.4 Å². The SMILES string of the molecule is COC(=O)c1cccc(N(c2cc(N)cc(OC)c2)c2ncn[nH]2)c1. The summed E-state index contributed by atoms with van der Waals surface area (Å²) in [5.41, 5.74) is 8.32. The molecular formula is C17H17N5O3. The van der Waals surface area contributed by atoms with Crippen LogP contribution in [0.3, 0.4) is 0 Å². The van der Waals surface area contributed by atoms with Gasteiger partial charge in [0.05, 0.1) is 25.5 Å². The summed E-state index contributed by atoms with van der Waals surface area (Å²) in [5, 5.41) is 6.72. The minimum absolute atomic E-state index is 0.417. The molecule has 25 heavy (non-hydrogen) atoms. The van der Waals surface area contributed by atoms with Gasteiger partial charge < -0.3 is 15.2 Å². The molecular weight excluding hydrogens is 322 g/mol. The van der Waals surface area contributed by atoms with Crippen molar-refractivity contribution in [3.63, 3.8) is 0 Å². The Labute approximate surface area is 144 Å². The van der Waals surface area contributed by atoms with Gasteiger partial charge in [-0.1, -0.05) is 6.07 Å². The van der Waals surface area contributed by atoms with Gasteiger partial charge in [0.1, 0.15) is 12.1 Å². The van der Waals surface area contributed by atoms with Crippen LogP contribution in [0.25, 0.3) is 0 Å². The second kappa shape index (κ2) is 6.91. The average Bonchev–Trinajstić information content (AvgIpc) is 3.15. The summed E-state index contributed by atoms with van der Waals surface area (Å²) in [5.74, 6) is 0.642. The highest BCUT2D eigenvalue weighted by Gasteiger charge is 2.18. The quantitative estimate of drug-likeness (QED) is 0.543. The van der Waals surface area contributed by atoms with Crippen molar-refractivity contribution in [2.45, 2.75) is 0 Å². The number of nitrogens with two attached hydrogens (primary N) is 1. The molecule has 3 N–H and O–H groups in total. The molecule has 0 aliphatic heterocycles. The lowest BCUT2D eigenvalue weighted by atomic mass is 10.1. The third-order valence-electron chi connectivity index (χ3n) is 3.55. The minimum Gasteiger partial charge on any atom is -0.497 e. The third-order valence-corrected chi connectivity index (χ3v) is 3.55. The third kappa shape index (κ3) is 3.37. The Kier molecular flexibility index (Phi) is 4.51. The number of rotatable bonds is 5. The highest BCUT2D eigenvalue weighted by atomic mass is 16.5. The van der Waals surface area contributed by atoms with Crippen LogP contribution in [0.1, 0.15) is 10.4 Å². The fourth-order valence-electron chi connectivity index (χ4n) is 2.44. The molecule has 0 spiro atoms. The number of ether oxygens (including phenoxy) is 2. The summed E-state index contributed by atoms with van der Waals surface area (Å²) in [6, 6.07) is 12.3. The van der Waals surface area contributed by atoms with Crippen molar-refractivity contribution in [1.82, 2.24) is 15.2 Å². The van der Waals surface area contributed by atoms with Crippen LogP contribution < -0.4 is 15.4 Å². The topological polar surface area (TPSA) is 106 Å². The zero-order valence-electron chi connectivity index (χ0n) is 13.8. The highest BCUT2D eigenvalue weighted by molar-refractivity contribution is 5.91. The predicted octanol–water partition coefficient (Wildman–Crippen LogP) is 2.65. The van der Waals surface area contributed by atoms with Crippen molar-refractivity contribution >= 4 is 29.0 Å². The molecule has 0 fully saturated rings. The molecule has 0 atom stereocenters. The first-order valence-electron chi connectivity index (χ1n) is 7.41. The number of methoxy groups -OCH3 is 2. The smallest absolute Gasteiger partial charge is 0.337 e. The van der Waals surface area contributed by atoms with E-state index in [2.05, 4.69) is 15.2 Å². The highest BCUT2D eigenvalue weighted by Crippen LogP contribution is 2.35. The van der Waals surface area contributed by atoms with E-state index < -0.39 is 5.97 Å². The van der Waals surface area contributed by atoms with Crippen LogP contribution >= 0.6 is 0 Å². The van der Waals surface area contributed by atoms with E-state index in [0.29, 0.717) is 34.3 Å². The maximum Gasteiger partial charge on any atom is 0.337 e. The van der Waals surface area contributed by atoms with Crippen LogP contribution in [0.2, 0.25) is 0 Å². The molecule has 3 rings (SSSR count). The number of aromatic amines is 1. The van der Waals surface area contributed by atoms with Gasteiger partial charge >= 0.3 is 5.97 Å². The fourth-order valence-corrected chi connectivity index (χ4v) is 2.44. The van der Waals surface area contributed by atoms with Crippen LogP contribution in [0, 0.1) is 0 Å². The summed E-state index contributed by atoms with van der Waals surface area (Å²) in [7, 11) is 2.90. The molecule has 0 saturated carbocycles. The zero-order valence-corrected chi connectivity index (χ0v) is 13.8. The molecule has 0 saturated heterocycles. The number of carbonyl (C=O) groups excluding carboxylic acids is 1. The second-order valence-electron chi connectivity index (χ2n) is 5.15. The number of anilines is 4. The molecule has 1 heterocycles. The maximum atomic E-state index is 11.8. The Morgan fingerprint density at radius 2 is 2.00 bits per heavy atom. The zero-order chi connectivity index (χ0) is 17.8. The lowest BCUT2D eigenvalue weighted by molar-refractivity contribution is 0.0601. The summed E-state index contributed by atoms with van der Waals surface area (Å²) < 4.78 is 10.1. The van der Waals surface area contributed by atoms with Crippen molar-refractivity contribution in [3.8, 4) is 5.75 Å². The summed E-state index contributed by atoms with van der Waals surface area (Å²) in [6.45, 7) is 0. The molecule has 8 heteroatoms. The number of carbonyl (C=O) groups is 1. The van der Waals surface area contributed by atoms with Gasteiger partial charge in [-0.15, -0.1) is 0 Å². The average molecular weight is 339 g/mol. The molecule has 128 valence electrons. The molecule has 0 radical (unpaired) electrons. The van der Waals surface area contributed by atoms with E-state index in [9.17, 15) is 4.79 Å². The number of H-pyrrole nitrogens is 1. The Morgan fingerprint density at radius 3 is 2.68 bits per heavy atom. The Hall–Kier alpha value is -3.55. The normalized spacial score (nSPS) is 10.3. The first-order valence-corrected chi connectivity index (χ1v) is 7.41. The van der Waals surface area contributed by atoms with Crippen LogP contribution in [-0.4, -0.2) is 35.4 Å². The van der Waals surface area contributed by atoms with E-state index in [0.717, 1.165) is 0 Å². The number of hydrogen-bond donors (Lipinski definition) is 2. The van der Waals surface area contributed by atoms with Gasteiger partial charge in [0.2, 0.25) is 5.95 Å². The Balaban J connectivity index is 2.14. The number of nitrogens with one attached hydrogen (secondary N) is 1. The van der Waals surface area contributed by atoms with E-state index in [-0.39, 0.29) is 0 Å². The first-order chi connectivity index (χ1) is 12.1. The van der Waals surface area contributed by atoms with Gasteiger partial charge in [-0.05, 0) is 24.3 Å². The minimum atomic E-state index is -0.426. The number of esters is 1. The number of hydrogen-bond acceptors (Lipinski definition) is 7. The number of nitrogen functional groups attached to an aromatic ring is 1. The summed E-state index contributed by atoms with van der Waals surface area (Å²) >= 11 is 0. The molecule has 0 aliphatic rings. The molecule has 3 aromatic rings. The van der Waals surface area contributed by atoms with Gasteiger partial charge in [-0.3, -0.25) is 4.90 Å². The largest absolute Gasteiger partial charge is 0.497 e. The van der Waals surface area contributed by atoms with Gasteiger partial charge in [-0.2, -0.15) is 10.1 Å². The molecule has 1 aromatic heterocycles. The maximum absolute atomic E-state index is 11.8. The standard InChI is InChI=1S/C17H17N5O3/c1-24-15-8-12(18)7-14(9-15)22(17-19-10-20-21-17)13-5-3-4-11(6-13)16(23)25-2/h3-10H,18H2,1-2H3,(H,19,20,21). The van der Waals surface area contributed by atoms with Crippen molar-refractivity contribution in [2.24, 2.45) is 0 Å². The van der Waals surface area contributed by atoms with Crippen LogP contribution in [0.4, 0.5) is 23.0 Å². The second-order valence-corrected chi connectivity index (χ2v) is 5.15. The molecule has 8 nitrogen and oxygen atoms in total. The van der Waals surface area contributed by atoms with Crippen molar-refractivity contribution in [2.75, 3.05) is 24.9 Å². The predicted molar refractivity (Wildman–Crippen MR) is 93.4 cm³/mol. The molecule has 0 aliphatic carbocycles. The van der Waals surface area contributed by atoms with E-state index >= 15 is 0 Å². The monoisotopic (exact) mass is 339 g/mol. The van der Waals surface area contributed by atoms with Gasteiger partial charge in [0, 0.05) is 23.5 Å². The molecule has 0 unspecified atom stereocenters. The van der Waals surface area contributed by atoms with Gasteiger partial charge in [-0.25, -0.2) is 9.89 Å². The Bertz CT molecular complexity index is 880. The van der Waals surface area contributed by atoms with Crippen molar-refractivity contribution < 1.29 is 14.3 Å². The van der Waals surface area contributed by atoms with E-state index in [4.69, 9.17) is 15.2 Å². The number of benzene rings is 2. The fraction of sp³-hybridized carbons (Fsp3) is 0.118. The van der Waals surface area contributed by atoms with Crippen molar-refractivity contribution in [1.29, 1.82) is 0 Å². The molecule has 0 amide bonds. The van der Waals surface area contributed by atoms with Gasteiger partial charge in [0.15, 0.2) is 0 Å². The van der Waals surface area contributed by atoms with Crippen LogP contribution in [0.15, 0.2) is 48.8 Å². The number of aromatic nitrogens is 3. The van der Waals surface area contributed by atoms with E-state index in [1.807, 2.05) is 12.1 Å². The molecule has 0 bridgehead atoms. The Morgan fingerprint density at radius 1 is 1.16 bits per heavy atom. The van der Waals surface area contributed by atoms with Gasteiger partial charge in [0.25, 0.3) is 0 Å². The molecule has 2 aromatic carbocycles.